The van der Waals surface area contributed by atoms with Gasteiger partial charge in [0.05, 0.1) is 0 Å². The second-order valence-electron chi connectivity index (χ2n) is 6.89. The van der Waals surface area contributed by atoms with E-state index >= 15 is 0 Å². The Morgan fingerprint density at radius 3 is 2.64 bits per heavy atom. The van der Waals surface area contributed by atoms with Crippen LogP contribution in [-0.2, 0) is 11.3 Å². The lowest BCUT2D eigenvalue weighted by Crippen LogP contribution is -2.28. The van der Waals surface area contributed by atoms with E-state index in [9.17, 15) is 4.79 Å². The van der Waals surface area contributed by atoms with Crippen molar-refractivity contribution in [2.45, 2.75) is 18.9 Å². The molecule has 0 saturated carbocycles. The number of benzene rings is 2. The molecule has 0 N–H and O–H groups in total. The predicted molar refractivity (Wildman–Crippen MR) is 106 cm³/mol. The van der Waals surface area contributed by atoms with Gasteiger partial charge in [-0.1, -0.05) is 42.5 Å². The van der Waals surface area contributed by atoms with E-state index < -0.39 is 0 Å². The van der Waals surface area contributed by atoms with Gasteiger partial charge in [0.25, 0.3) is 0 Å². The summed E-state index contributed by atoms with van der Waals surface area (Å²) in [5, 5.41) is 0. The zero-order chi connectivity index (χ0) is 19.3. The molecule has 0 saturated heterocycles. The summed E-state index contributed by atoms with van der Waals surface area (Å²) in [7, 11) is 1.83. The molecule has 0 radical (unpaired) electrons. The molecule has 5 nitrogen and oxygen atoms in total. The summed E-state index contributed by atoms with van der Waals surface area (Å²) in [4.78, 5) is 18.9. The van der Waals surface area contributed by atoms with Crippen molar-refractivity contribution in [3.05, 3.63) is 89.7 Å². The average Bonchev–Trinajstić information content (AvgIpc) is 3.21. The number of pyridine rings is 1. The highest BCUT2D eigenvalue weighted by molar-refractivity contribution is 5.77. The maximum absolute atomic E-state index is 13.0. The molecule has 142 valence electrons. The molecule has 0 spiro atoms. The van der Waals surface area contributed by atoms with E-state index in [0.717, 1.165) is 28.2 Å². The van der Waals surface area contributed by atoms with Gasteiger partial charge in [0.15, 0.2) is 11.5 Å². The zero-order valence-corrected chi connectivity index (χ0v) is 15.7. The molecule has 0 fully saturated rings. The van der Waals surface area contributed by atoms with Crippen LogP contribution in [0, 0.1) is 0 Å². The van der Waals surface area contributed by atoms with Crippen LogP contribution in [0.15, 0.2) is 73.1 Å². The smallest absolute Gasteiger partial charge is 0.231 e. The molecule has 1 unspecified atom stereocenters. The van der Waals surface area contributed by atoms with Crippen LogP contribution in [-0.4, -0.2) is 29.6 Å². The molecule has 0 aliphatic carbocycles. The van der Waals surface area contributed by atoms with Crippen molar-refractivity contribution in [1.82, 2.24) is 9.88 Å². The van der Waals surface area contributed by atoms with Gasteiger partial charge in [0.2, 0.25) is 12.7 Å². The molecule has 1 aliphatic heterocycles. The molecule has 28 heavy (non-hydrogen) atoms. The van der Waals surface area contributed by atoms with Crippen molar-refractivity contribution in [3.8, 4) is 11.5 Å². The number of hydrogen-bond acceptors (Lipinski definition) is 4. The number of hydrogen-bond donors (Lipinski definition) is 0. The van der Waals surface area contributed by atoms with Gasteiger partial charge in [-0.25, -0.2) is 0 Å². The molecule has 1 aliphatic rings. The van der Waals surface area contributed by atoms with Crippen molar-refractivity contribution < 1.29 is 14.3 Å². The van der Waals surface area contributed by atoms with Gasteiger partial charge in [0.1, 0.15) is 0 Å². The number of amides is 1. The van der Waals surface area contributed by atoms with Gasteiger partial charge in [-0.2, -0.15) is 0 Å². The van der Waals surface area contributed by atoms with Crippen LogP contribution < -0.4 is 9.47 Å². The second kappa shape index (κ2) is 8.13. The maximum Gasteiger partial charge on any atom is 0.231 e. The fourth-order valence-corrected chi connectivity index (χ4v) is 3.43. The fourth-order valence-electron chi connectivity index (χ4n) is 3.43. The minimum absolute atomic E-state index is 0.0560. The number of ether oxygens (including phenoxy) is 2. The summed E-state index contributed by atoms with van der Waals surface area (Å²) < 4.78 is 11.0. The Kier molecular flexibility index (Phi) is 5.24. The molecule has 2 heterocycles. The number of fused-ring (bicyclic) bond motifs is 1. The monoisotopic (exact) mass is 374 g/mol. The summed E-state index contributed by atoms with van der Waals surface area (Å²) in [5.41, 5.74) is 3.15. The Morgan fingerprint density at radius 2 is 1.86 bits per heavy atom. The first-order valence-electron chi connectivity index (χ1n) is 9.28. The first-order chi connectivity index (χ1) is 13.7. The summed E-state index contributed by atoms with van der Waals surface area (Å²) in [6.45, 7) is 0.775. The third kappa shape index (κ3) is 3.98. The van der Waals surface area contributed by atoms with Gasteiger partial charge in [-0.05, 0) is 34.9 Å². The number of aromatic nitrogens is 1. The molecule has 0 bridgehead atoms. The third-order valence-electron chi connectivity index (χ3n) is 4.95. The highest BCUT2D eigenvalue weighted by Crippen LogP contribution is 2.37. The Balaban J connectivity index is 1.57. The van der Waals surface area contributed by atoms with Crippen molar-refractivity contribution in [1.29, 1.82) is 0 Å². The van der Waals surface area contributed by atoms with Crippen molar-refractivity contribution in [2.24, 2.45) is 0 Å². The van der Waals surface area contributed by atoms with E-state index in [0.29, 0.717) is 13.0 Å². The number of carbonyl (C=O) groups excluding carboxylic acids is 1. The first-order valence-corrected chi connectivity index (χ1v) is 9.28. The predicted octanol–water partition coefficient (Wildman–Crippen LogP) is 3.99. The Labute approximate surface area is 164 Å². The normalized spacial score (nSPS) is 13.2. The number of carbonyl (C=O) groups is 1. The van der Waals surface area contributed by atoms with Crippen LogP contribution in [0.2, 0.25) is 0 Å². The van der Waals surface area contributed by atoms with E-state index in [4.69, 9.17) is 9.47 Å². The van der Waals surface area contributed by atoms with Crippen molar-refractivity contribution in [2.75, 3.05) is 13.8 Å². The lowest BCUT2D eigenvalue weighted by molar-refractivity contribution is -0.130. The quantitative estimate of drug-likeness (QED) is 0.655. The molecular weight excluding hydrogens is 352 g/mol. The van der Waals surface area contributed by atoms with E-state index in [2.05, 4.69) is 17.1 Å². The van der Waals surface area contributed by atoms with E-state index in [1.54, 1.807) is 17.3 Å². The van der Waals surface area contributed by atoms with Crippen molar-refractivity contribution >= 4 is 5.91 Å². The van der Waals surface area contributed by atoms with Gasteiger partial charge in [-0.15, -0.1) is 0 Å². The van der Waals surface area contributed by atoms with Crippen LogP contribution >= 0.6 is 0 Å². The highest BCUT2D eigenvalue weighted by atomic mass is 16.7. The lowest BCUT2D eigenvalue weighted by atomic mass is 9.88. The molecular formula is C23H22N2O3. The zero-order valence-electron chi connectivity index (χ0n) is 15.7. The van der Waals surface area contributed by atoms with Gasteiger partial charge in [0, 0.05) is 38.3 Å². The summed E-state index contributed by atoms with van der Waals surface area (Å²) in [5.74, 6) is 1.50. The van der Waals surface area contributed by atoms with Crippen LogP contribution in [0.3, 0.4) is 0 Å². The molecule has 1 atom stereocenters. The maximum atomic E-state index is 13.0. The van der Waals surface area contributed by atoms with E-state index in [1.165, 1.54) is 0 Å². The minimum Gasteiger partial charge on any atom is -0.454 e. The first kappa shape index (κ1) is 18.0. The number of nitrogens with zero attached hydrogens (tertiary/aromatic N) is 2. The van der Waals surface area contributed by atoms with Crippen molar-refractivity contribution in [3.63, 3.8) is 0 Å². The lowest BCUT2D eigenvalue weighted by Gasteiger charge is -2.23. The van der Waals surface area contributed by atoms with Gasteiger partial charge in [-0.3, -0.25) is 9.78 Å². The van der Waals surface area contributed by atoms with Crippen LogP contribution in [0.25, 0.3) is 0 Å². The Bertz CT molecular complexity index is 945. The number of rotatable bonds is 6. The highest BCUT2D eigenvalue weighted by Gasteiger charge is 2.23. The molecule has 4 rings (SSSR count). The van der Waals surface area contributed by atoms with Gasteiger partial charge >= 0.3 is 0 Å². The average molecular weight is 374 g/mol. The van der Waals surface area contributed by atoms with Crippen LogP contribution in [0.5, 0.6) is 11.5 Å². The summed E-state index contributed by atoms with van der Waals surface area (Å²) in [6.07, 6.45) is 3.90. The van der Waals surface area contributed by atoms with Crippen LogP contribution in [0.4, 0.5) is 0 Å². The van der Waals surface area contributed by atoms with Gasteiger partial charge < -0.3 is 14.4 Å². The van der Waals surface area contributed by atoms with E-state index in [1.807, 2.05) is 55.6 Å². The summed E-state index contributed by atoms with van der Waals surface area (Å²) >= 11 is 0. The Morgan fingerprint density at radius 1 is 1.04 bits per heavy atom. The molecule has 1 amide bonds. The molecule has 5 heteroatoms. The fraction of sp³-hybridized carbons (Fsp3) is 0.217. The molecule has 2 aromatic carbocycles. The minimum atomic E-state index is -0.0560. The largest absolute Gasteiger partial charge is 0.454 e. The SMILES string of the molecule is CN(Cc1cccnc1)C(=O)CC(c1ccccc1)c1ccc2c(c1)OCO2. The van der Waals surface area contributed by atoms with Crippen LogP contribution in [0.1, 0.15) is 29.0 Å². The topological polar surface area (TPSA) is 51.7 Å². The van der Waals surface area contributed by atoms with E-state index in [-0.39, 0.29) is 18.6 Å². The molecule has 3 aromatic rings. The second-order valence-corrected chi connectivity index (χ2v) is 6.89. The molecule has 1 aromatic heterocycles. The standard InChI is InChI=1S/C23H22N2O3/c1-25(15-17-6-5-11-24-14-17)23(26)13-20(18-7-3-2-4-8-18)19-9-10-21-22(12-19)28-16-27-21/h2-12,14,20H,13,15-16H2,1H3. The summed E-state index contributed by atoms with van der Waals surface area (Å²) in [6, 6.07) is 19.9. The third-order valence-corrected chi connectivity index (χ3v) is 4.95. The Hall–Kier alpha value is -3.34.